The molecule has 8 heteroatoms. The van der Waals surface area contributed by atoms with Crippen LogP contribution in [-0.2, 0) is 9.53 Å². The number of hydrogen-bond donors (Lipinski definition) is 2. The summed E-state index contributed by atoms with van der Waals surface area (Å²) in [4.78, 5) is 28.5. The highest BCUT2D eigenvalue weighted by molar-refractivity contribution is 6.09. The van der Waals surface area contributed by atoms with E-state index in [1.54, 1.807) is 37.4 Å². The van der Waals surface area contributed by atoms with Gasteiger partial charge in [0.05, 0.1) is 24.5 Å². The van der Waals surface area contributed by atoms with Crippen LogP contribution in [0, 0.1) is 11.3 Å². The number of piperazine rings is 1. The fraction of sp³-hybridized carbons (Fsp3) is 0.421. The SMILES string of the molecule is CCOC(=O)c1ccccc1NC(=O)/C(C#N)=C\N1CCN(CCO)CC1. The molecule has 1 aliphatic heterocycles. The maximum atomic E-state index is 12.5. The number of rotatable bonds is 7. The highest BCUT2D eigenvalue weighted by atomic mass is 16.5. The van der Waals surface area contributed by atoms with Gasteiger partial charge in [0.25, 0.3) is 5.91 Å². The number of β-amino-alcohol motifs (C(OH)–C–C–N with tert-alkyl or cyclic N) is 1. The first-order valence-corrected chi connectivity index (χ1v) is 8.85. The average molecular weight is 372 g/mol. The van der Waals surface area contributed by atoms with Crippen molar-refractivity contribution in [1.82, 2.24) is 9.80 Å². The summed E-state index contributed by atoms with van der Waals surface area (Å²) in [7, 11) is 0. The average Bonchev–Trinajstić information content (AvgIpc) is 2.68. The van der Waals surface area contributed by atoms with E-state index in [4.69, 9.17) is 9.84 Å². The second-order valence-electron chi connectivity index (χ2n) is 5.98. The van der Waals surface area contributed by atoms with Gasteiger partial charge >= 0.3 is 5.97 Å². The Labute approximate surface area is 158 Å². The minimum absolute atomic E-state index is 0.0377. The monoisotopic (exact) mass is 372 g/mol. The Kier molecular flexibility index (Phi) is 7.79. The fourth-order valence-electron chi connectivity index (χ4n) is 2.75. The summed E-state index contributed by atoms with van der Waals surface area (Å²) in [5.74, 6) is -1.11. The van der Waals surface area contributed by atoms with Crippen LogP contribution in [0.5, 0.6) is 0 Å². The Morgan fingerprint density at radius 3 is 2.63 bits per heavy atom. The van der Waals surface area contributed by atoms with E-state index in [-0.39, 0.29) is 24.4 Å². The van der Waals surface area contributed by atoms with E-state index >= 15 is 0 Å². The summed E-state index contributed by atoms with van der Waals surface area (Å²) in [6.45, 7) is 5.50. The van der Waals surface area contributed by atoms with E-state index in [1.807, 2.05) is 11.0 Å². The molecule has 0 unspecified atom stereocenters. The molecule has 0 aromatic heterocycles. The minimum atomic E-state index is -0.577. The van der Waals surface area contributed by atoms with Crippen molar-refractivity contribution >= 4 is 17.6 Å². The van der Waals surface area contributed by atoms with Gasteiger partial charge in [-0.15, -0.1) is 0 Å². The number of nitrogens with zero attached hydrogens (tertiary/aromatic N) is 3. The summed E-state index contributed by atoms with van der Waals surface area (Å²) in [6, 6.07) is 8.43. The zero-order valence-corrected chi connectivity index (χ0v) is 15.4. The van der Waals surface area contributed by atoms with Gasteiger partial charge < -0.3 is 20.1 Å². The number of benzene rings is 1. The molecule has 0 bridgehead atoms. The van der Waals surface area contributed by atoms with Crippen LogP contribution in [0.25, 0.3) is 0 Å². The normalized spacial score (nSPS) is 15.1. The van der Waals surface area contributed by atoms with Crippen molar-refractivity contribution in [3.8, 4) is 6.07 Å². The van der Waals surface area contributed by atoms with E-state index < -0.39 is 11.9 Å². The third kappa shape index (κ3) is 5.81. The Hall–Kier alpha value is -2.89. The van der Waals surface area contributed by atoms with Crippen LogP contribution in [-0.4, -0.2) is 72.7 Å². The number of hydrogen-bond acceptors (Lipinski definition) is 7. The largest absolute Gasteiger partial charge is 0.462 e. The smallest absolute Gasteiger partial charge is 0.340 e. The quantitative estimate of drug-likeness (QED) is 0.415. The Morgan fingerprint density at radius 1 is 1.30 bits per heavy atom. The standard InChI is InChI=1S/C19H24N4O4/c1-2-27-19(26)16-5-3-4-6-17(16)21-18(25)15(13-20)14-23-9-7-22(8-10-23)11-12-24/h3-6,14,24H,2,7-12H2,1H3,(H,21,25)/b15-14-. The molecule has 0 atom stereocenters. The second kappa shape index (κ2) is 10.3. The number of aliphatic hydroxyl groups excluding tert-OH is 1. The lowest BCUT2D eigenvalue weighted by Gasteiger charge is -2.33. The summed E-state index contributed by atoms with van der Waals surface area (Å²) in [6.07, 6.45) is 1.54. The minimum Gasteiger partial charge on any atom is -0.462 e. The van der Waals surface area contributed by atoms with E-state index in [1.165, 1.54) is 0 Å². The lowest BCUT2D eigenvalue weighted by atomic mass is 10.1. The first-order valence-electron chi connectivity index (χ1n) is 8.85. The number of aliphatic hydroxyl groups is 1. The molecule has 2 rings (SSSR count). The van der Waals surface area contributed by atoms with Crippen LogP contribution in [0.4, 0.5) is 5.69 Å². The molecule has 0 aliphatic carbocycles. The van der Waals surface area contributed by atoms with Crippen molar-refractivity contribution in [3.05, 3.63) is 41.6 Å². The maximum Gasteiger partial charge on any atom is 0.340 e. The number of carbonyl (C=O) groups is 2. The third-order valence-electron chi connectivity index (χ3n) is 4.17. The highest BCUT2D eigenvalue weighted by Crippen LogP contribution is 2.17. The van der Waals surface area contributed by atoms with Gasteiger partial charge in [-0.3, -0.25) is 9.69 Å². The Morgan fingerprint density at radius 2 is 2.00 bits per heavy atom. The number of nitrogens with one attached hydrogen (secondary N) is 1. The van der Waals surface area contributed by atoms with Crippen molar-refractivity contribution < 1.29 is 19.4 Å². The molecular formula is C19H24N4O4. The molecule has 1 aromatic carbocycles. The van der Waals surface area contributed by atoms with Gasteiger partial charge in [-0.2, -0.15) is 5.26 Å². The van der Waals surface area contributed by atoms with E-state index in [9.17, 15) is 14.9 Å². The van der Waals surface area contributed by atoms with Crippen molar-refractivity contribution in [2.24, 2.45) is 0 Å². The Bertz CT molecular complexity index is 733. The second-order valence-corrected chi connectivity index (χ2v) is 5.98. The fourth-order valence-corrected chi connectivity index (χ4v) is 2.75. The molecule has 1 amide bonds. The van der Waals surface area contributed by atoms with Crippen LogP contribution >= 0.6 is 0 Å². The molecule has 1 fully saturated rings. The molecule has 1 aliphatic rings. The van der Waals surface area contributed by atoms with Gasteiger partial charge in [-0.05, 0) is 19.1 Å². The topological polar surface area (TPSA) is 106 Å². The summed E-state index contributed by atoms with van der Waals surface area (Å²) < 4.78 is 4.99. The molecule has 27 heavy (non-hydrogen) atoms. The van der Waals surface area contributed by atoms with Crippen LogP contribution in [0.1, 0.15) is 17.3 Å². The number of ether oxygens (including phenoxy) is 1. The predicted octanol–water partition coefficient (Wildman–Crippen LogP) is 0.819. The van der Waals surface area contributed by atoms with Crippen LogP contribution in [0.15, 0.2) is 36.0 Å². The van der Waals surface area contributed by atoms with Gasteiger partial charge in [0.1, 0.15) is 11.6 Å². The summed E-state index contributed by atoms with van der Waals surface area (Å²) in [5.41, 5.74) is 0.502. The first kappa shape index (κ1) is 20.4. The number of anilines is 1. The van der Waals surface area contributed by atoms with Gasteiger partial charge in [0.2, 0.25) is 0 Å². The van der Waals surface area contributed by atoms with Crippen LogP contribution in [0.3, 0.4) is 0 Å². The molecule has 0 spiro atoms. The van der Waals surface area contributed by atoms with Gasteiger partial charge in [-0.25, -0.2) is 4.79 Å². The number of amides is 1. The maximum absolute atomic E-state index is 12.5. The van der Waals surface area contributed by atoms with Gasteiger partial charge in [0.15, 0.2) is 0 Å². The molecule has 0 radical (unpaired) electrons. The Balaban J connectivity index is 2.06. The van der Waals surface area contributed by atoms with Crippen LogP contribution < -0.4 is 5.32 Å². The third-order valence-corrected chi connectivity index (χ3v) is 4.17. The van der Waals surface area contributed by atoms with Gasteiger partial charge in [-0.1, -0.05) is 12.1 Å². The lowest BCUT2D eigenvalue weighted by Crippen LogP contribution is -2.45. The predicted molar refractivity (Wildman–Crippen MR) is 99.8 cm³/mol. The van der Waals surface area contributed by atoms with Crippen molar-refractivity contribution in [1.29, 1.82) is 5.26 Å². The van der Waals surface area contributed by atoms with Crippen LogP contribution in [0.2, 0.25) is 0 Å². The number of esters is 1. The highest BCUT2D eigenvalue weighted by Gasteiger charge is 2.19. The zero-order valence-electron chi connectivity index (χ0n) is 15.4. The summed E-state index contributed by atoms with van der Waals surface area (Å²) >= 11 is 0. The molecular weight excluding hydrogens is 348 g/mol. The van der Waals surface area contributed by atoms with Crippen molar-refractivity contribution in [2.45, 2.75) is 6.92 Å². The van der Waals surface area contributed by atoms with E-state index in [2.05, 4.69) is 10.2 Å². The molecule has 1 saturated heterocycles. The van der Waals surface area contributed by atoms with E-state index in [0.717, 1.165) is 13.1 Å². The van der Waals surface area contributed by atoms with Crippen molar-refractivity contribution in [3.63, 3.8) is 0 Å². The number of carbonyl (C=O) groups excluding carboxylic acids is 2. The zero-order chi connectivity index (χ0) is 19.6. The number of para-hydroxylation sites is 1. The molecule has 8 nitrogen and oxygen atoms in total. The lowest BCUT2D eigenvalue weighted by molar-refractivity contribution is -0.112. The number of nitriles is 1. The molecule has 1 aromatic rings. The molecule has 144 valence electrons. The van der Waals surface area contributed by atoms with E-state index in [0.29, 0.717) is 25.3 Å². The van der Waals surface area contributed by atoms with Gasteiger partial charge in [0, 0.05) is 38.9 Å². The molecule has 0 saturated carbocycles. The first-order chi connectivity index (χ1) is 13.1. The summed E-state index contributed by atoms with van der Waals surface area (Å²) in [5, 5.41) is 21.0. The molecule has 1 heterocycles. The molecule has 2 N–H and O–H groups in total. The van der Waals surface area contributed by atoms with Crippen molar-refractivity contribution in [2.75, 3.05) is 51.3 Å².